The lowest BCUT2D eigenvalue weighted by Gasteiger charge is -2.01. The minimum atomic E-state index is -0.228. The number of hydrogen-bond acceptors (Lipinski definition) is 1. The maximum atomic E-state index is 9.31. The van der Waals surface area contributed by atoms with Gasteiger partial charge in [0.1, 0.15) is 0 Å². The Kier molecular flexibility index (Phi) is 13.5. The standard InChI is InChI=1S/C16H32O/c1-3-5-6-7-8-9-10-11-12-13-14-15-16(17)4-2/h14-17H,3-13H2,1-2H3/b15-14+. The van der Waals surface area contributed by atoms with Crippen molar-refractivity contribution in [3.8, 4) is 0 Å². The van der Waals surface area contributed by atoms with Gasteiger partial charge in [0.25, 0.3) is 0 Å². The van der Waals surface area contributed by atoms with Crippen LogP contribution in [0.5, 0.6) is 0 Å². The van der Waals surface area contributed by atoms with Crippen molar-refractivity contribution in [3.63, 3.8) is 0 Å². The zero-order valence-corrected chi connectivity index (χ0v) is 12.0. The molecule has 0 aromatic carbocycles. The number of aliphatic hydroxyl groups excluding tert-OH is 1. The Morgan fingerprint density at radius 1 is 0.824 bits per heavy atom. The molecule has 1 N–H and O–H groups in total. The Balaban J connectivity index is 3.06. The summed E-state index contributed by atoms with van der Waals surface area (Å²) in [7, 11) is 0. The van der Waals surface area contributed by atoms with Crippen LogP contribution in [0.1, 0.15) is 84.5 Å². The lowest BCUT2D eigenvalue weighted by molar-refractivity contribution is 0.219. The fourth-order valence-electron chi connectivity index (χ4n) is 1.96. The second-order valence-corrected chi connectivity index (χ2v) is 5.02. The Bertz CT molecular complexity index is 163. The molecule has 1 unspecified atom stereocenters. The van der Waals surface area contributed by atoms with Crippen LogP contribution < -0.4 is 0 Å². The van der Waals surface area contributed by atoms with E-state index in [2.05, 4.69) is 13.0 Å². The highest BCUT2D eigenvalue weighted by Crippen LogP contribution is 2.10. The minimum absolute atomic E-state index is 0.228. The summed E-state index contributed by atoms with van der Waals surface area (Å²) in [5.74, 6) is 0. The number of hydrogen-bond donors (Lipinski definition) is 1. The van der Waals surface area contributed by atoms with Crippen molar-refractivity contribution in [1.82, 2.24) is 0 Å². The number of unbranched alkanes of at least 4 members (excludes halogenated alkanes) is 9. The molecule has 1 atom stereocenters. The molecule has 0 fully saturated rings. The van der Waals surface area contributed by atoms with Crippen molar-refractivity contribution in [1.29, 1.82) is 0 Å². The molecular weight excluding hydrogens is 208 g/mol. The van der Waals surface area contributed by atoms with Gasteiger partial charge in [-0.1, -0.05) is 77.4 Å². The highest BCUT2D eigenvalue weighted by atomic mass is 16.3. The molecule has 0 bridgehead atoms. The van der Waals surface area contributed by atoms with Crippen molar-refractivity contribution < 1.29 is 5.11 Å². The van der Waals surface area contributed by atoms with Crippen molar-refractivity contribution in [3.05, 3.63) is 12.2 Å². The average Bonchev–Trinajstić information content (AvgIpc) is 2.35. The molecule has 0 heterocycles. The first-order chi connectivity index (χ1) is 8.31. The molecule has 0 spiro atoms. The van der Waals surface area contributed by atoms with Crippen LogP contribution in [-0.4, -0.2) is 11.2 Å². The molecule has 0 rings (SSSR count). The molecule has 1 heteroatoms. The van der Waals surface area contributed by atoms with Gasteiger partial charge in [-0.05, 0) is 19.3 Å². The van der Waals surface area contributed by atoms with Gasteiger partial charge in [-0.3, -0.25) is 0 Å². The molecule has 0 amide bonds. The van der Waals surface area contributed by atoms with Gasteiger partial charge in [0.15, 0.2) is 0 Å². The van der Waals surface area contributed by atoms with E-state index in [1.807, 2.05) is 13.0 Å². The van der Waals surface area contributed by atoms with E-state index in [4.69, 9.17) is 0 Å². The van der Waals surface area contributed by atoms with E-state index >= 15 is 0 Å². The Hall–Kier alpha value is -0.300. The normalized spacial score (nSPS) is 13.4. The summed E-state index contributed by atoms with van der Waals surface area (Å²) in [5, 5.41) is 9.31. The lowest BCUT2D eigenvalue weighted by Crippen LogP contribution is -1.97. The van der Waals surface area contributed by atoms with E-state index in [-0.39, 0.29) is 6.10 Å². The monoisotopic (exact) mass is 240 g/mol. The van der Waals surface area contributed by atoms with Crippen LogP contribution in [0, 0.1) is 0 Å². The first-order valence-corrected chi connectivity index (χ1v) is 7.66. The van der Waals surface area contributed by atoms with E-state index in [0.29, 0.717) is 0 Å². The lowest BCUT2D eigenvalue weighted by atomic mass is 10.1. The smallest absolute Gasteiger partial charge is 0.0718 e. The van der Waals surface area contributed by atoms with Crippen molar-refractivity contribution >= 4 is 0 Å². The zero-order chi connectivity index (χ0) is 12.8. The summed E-state index contributed by atoms with van der Waals surface area (Å²) < 4.78 is 0. The molecule has 102 valence electrons. The van der Waals surface area contributed by atoms with Crippen LogP contribution in [0.2, 0.25) is 0 Å². The van der Waals surface area contributed by atoms with E-state index in [1.54, 1.807) is 0 Å². The van der Waals surface area contributed by atoms with E-state index < -0.39 is 0 Å². The van der Waals surface area contributed by atoms with E-state index in [1.165, 1.54) is 57.8 Å². The van der Waals surface area contributed by atoms with Crippen molar-refractivity contribution in [2.75, 3.05) is 0 Å². The second kappa shape index (κ2) is 13.8. The molecular formula is C16H32O. The average molecular weight is 240 g/mol. The highest BCUT2D eigenvalue weighted by molar-refractivity contribution is 4.87. The fourth-order valence-corrected chi connectivity index (χ4v) is 1.96. The molecule has 0 aliphatic carbocycles. The van der Waals surface area contributed by atoms with Crippen LogP contribution in [0.15, 0.2) is 12.2 Å². The van der Waals surface area contributed by atoms with Gasteiger partial charge in [-0.15, -0.1) is 0 Å². The summed E-state index contributed by atoms with van der Waals surface area (Å²) >= 11 is 0. The minimum Gasteiger partial charge on any atom is -0.389 e. The maximum absolute atomic E-state index is 9.31. The number of aliphatic hydroxyl groups is 1. The topological polar surface area (TPSA) is 20.2 Å². The highest BCUT2D eigenvalue weighted by Gasteiger charge is 1.93. The number of rotatable bonds is 12. The molecule has 0 radical (unpaired) electrons. The summed E-state index contributed by atoms with van der Waals surface area (Å²) in [4.78, 5) is 0. The zero-order valence-electron chi connectivity index (χ0n) is 12.0. The van der Waals surface area contributed by atoms with Crippen LogP contribution in [0.3, 0.4) is 0 Å². The molecule has 17 heavy (non-hydrogen) atoms. The second-order valence-electron chi connectivity index (χ2n) is 5.02. The molecule has 0 aromatic heterocycles. The van der Waals surface area contributed by atoms with E-state index in [9.17, 15) is 5.11 Å². The van der Waals surface area contributed by atoms with Gasteiger partial charge in [0, 0.05) is 0 Å². The molecule has 0 aliphatic rings. The maximum Gasteiger partial charge on any atom is 0.0718 e. The van der Waals surface area contributed by atoms with Gasteiger partial charge in [0.2, 0.25) is 0 Å². The van der Waals surface area contributed by atoms with Gasteiger partial charge in [-0.25, -0.2) is 0 Å². The van der Waals surface area contributed by atoms with Gasteiger partial charge < -0.3 is 5.11 Å². The van der Waals surface area contributed by atoms with Crippen LogP contribution in [0.4, 0.5) is 0 Å². The van der Waals surface area contributed by atoms with Crippen LogP contribution in [0.25, 0.3) is 0 Å². The largest absolute Gasteiger partial charge is 0.389 e. The first-order valence-electron chi connectivity index (χ1n) is 7.66. The molecule has 0 saturated heterocycles. The summed E-state index contributed by atoms with van der Waals surface area (Å²) in [6.07, 6.45) is 18.2. The third-order valence-corrected chi connectivity index (χ3v) is 3.25. The first kappa shape index (κ1) is 16.7. The third-order valence-electron chi connectivity index (χ3n) is 3.25. The molecule has 0 aliphatic heterocycles. The third kappa shape index (κ3) is 13.6. The molecule has 1 nitrogen and oxygen atoms in total. The van der Waals surface area contributed by atoms with Crippen molar-refractivity contribution in [2.24, 2.45) is 0 Å². The van der Waals surface area contributed by atoms with E-state index in [0.717, 1.165) is 12.8 Å². The molecule has 0 aromatic rings. The van der Waals surface area contributed by atoms with Crippen molar-refractivity contribution in [2.45, 2.75) is 90.6 Å². The Morgan fingerprint density at radius 2 is 1.35 bits per heavy atom. The summed E-state index contributed by atoms with van der Waals surface area (Å²) in [6, 6.07) is 0. The predicted molar refractivity (Wildman–Crippen MR) is 77.3 cm³/mol. The quantitative estimate of drug-likeness (QED) is 0.365. The van der Waals surface area contributed by atoms with Gasteiger partial charge in [-0.2, -0.15) is 0 Å². The van der Waals surface area contributed by atoms with Gasteiger partial charge in [0.05, 0.1) is 6.10 Å². The van der Waals surface area contributed by atoms with Crippen LogP contribution >= 0.6 is 0 Å². The van der Waals surface area contributed by atoms with Gasteiger partial charge >= 0.3 is 0 Å². The summed E-state index contributed by atoms with van der Waals surface area (Å²) in [5.41, 5.74) is 0. The number of allylic oxidation sites excluding steroid dienone is 1. The Labute approximate surface area is 108 Å². The molecule has 0 saturated carbocycles. The Morgan fingerprint density at radius 3 is 1.88 bits per heavy atom. The SMILES string of the molecule is CCCCCCCCCCC/C=C/C(O)CC. The summed E-state index contributed by atoms with van der Waals surface area (Å²) in [6.45, 7) is 4.27. The van der Waals surface area contributed by atoms with Crippen LogP contribution in [-0.2, 0) is 0 Å². The fraction of sp³-hybridized carbons (Fsp3) is 0.875. The predicted octanol–water partition coefficient (Wildman–Crippen LogP) is 5.23.